The summed E-state index contributed by atoms with van der Waals surface area (Å²) in [6, 6.07) is 0. The number of halogens is 3. The Morgan fingerprint density at radius 3 is 2.58 bits per heavy atom. The highest BCUT2D eigenvalue weighted by Gasteiger charge is 2.51. The topological polar surface area (TPSA) is 52.9 Å². The molecule has 0 bridgehead atoms. The first-order valence-corrected chi connectivity index (χ1v) is 12.7. The Labute approximate surface area is 195 Å². The van der Waals surface area contributed by atoms with Crippen LogP contribution in [0.4, 0.5) is 13.2 Å². The zero-order chi connectivity index (χ0) is 23.8. The van der Waals surface area contributed by atoms with Crippen molar-refractivity contribution in [2.45, 2.75) is 96.3 Å². The van der Waals surface area contributed by atoms with E-state index < -0.39 is 24.7 Å². The predicted octanol–water partition coefficient (Wildman–Crippen LogP) is 5.21. The van der Waals surface area contributed by atoms with E-state index in [-0.39, 0.29) is 5.41 Å². The fourth-order valence-electron chi connectivity index (χ4n) is 7.53. The van der Waals surface area contributed by atoms with E-state index in [1.807, 2.05) is 0 Å². The van der Waals surface area contributed by atoms with Gasteiger partial charge in [0.1, 0.15) is 0 Å². The van der Waals surface area contributed by atoms with E-state index in [1.165, 1.54) is 31.3 Å². The van der Waals surface area contributed by atoms with Crippen LogP contribution in [-0.4, -0.2) is 59.4 Å². The molecule has 1 saturated heterocycles. The van der Waals surface area contributed by atoms with Crippen molar-refractivity contribution in [2.75, 3.05) is 19.6 Å². The van der Waals surface area contributed by atoms with Crippen LogP contribution < -0.4 is 0 Å². The number of aliphatic hydroxyl groups excluding tert-OH is 2. The predicted molar refractivity (Wildman–Crippen MR) is 121 cm³/mol. The molecule has 0 amide bonds. The molecule has 3 saturated carbocycles. The van der Waals surface area contributed by atoms with Crippen molar-refractivity contribution >= 4 is 0 Å². The molecule has 0 aromatic carbocycles. The Balaban J connectivity index is 1.38. The van der Waals surface area contributed by atoms with Crippen LogP contribution in [0.25, 0.3) is 0 Å². The van der Waals surface area contributed by atoms with E-state index in [9.17, 15) is 23.4 Å². The molecule has 1 heterocycles. The van der Waals surface area contributed by atoms with Gasteiger partial charge in [-0.15, -0.1) is 13.2 Å². The van der Waals surface area contributed by atoms with Gasteiger partial charge in [-0.3, -0.25) is 4.74 Å². The summed E-state index contributed by atoms with van der Waals surface area (Å²) < 4.78 is 41.9. The van der Waals surface area contributed by atoms with Crippen LogP contribution in [0.15, 0.2) is 23.3 Å². The summed E-state index contributed by atoms with van der Waals surface area (Å²) in [7, 11) is 0. The van der Waals surface area contributed by atoms with E-state index in [4.69, 9.17) is 0 Å². The zero-order valence-electron chi connectivity index (χ0n) is 20.0. The molecule has 188 valence electrons. The van der Waals surface area contributed by atoms with Gasteiger partial charge in [0.25, 0.3) is 0 Å². The van der Waals surface area contributed by atoms with Crippen molar-refractivity contribution in [3.63, 3.8) is 0 Å². The number of hydrogen-bond donors (Lipinski definition) is 2. The second-order valence-electron chi connectivity index (χ2n) is 11.3. The maximum Gasteiger partial charge on any atom is 0.522 e. The first-order valence-electron chi connectivity index (χ1n) is 12.7. The van der Waals surface area contributed by atoms with Crippen LogP contribution in [-0.2, 0) is 4.74 Å². The highest BCUT2D eigenvalue weighted by molar-refractivity contribution is 5.26. The van der Waals surface area contributed by atoms with Crippen LogP contribution in [0, 0.1) is 23.2 Å². The average Bonchev–Trinajstić information content (AvgIpc) is 3.27. The Morgan fingerprint density at radius 2 is 1.88 bits per heavy atom. The van der Waals surface area contributed by atoms with Crippen LogP contribution >= 0.6 is 0 Å². The number of hydrogen-bond acceptors (Lipinski definition) is 4. The first kappa shape index (κ1) is 25.2. The molecule has 0 aromatic heterocycles. The average molecular weight is 472 g/mol. The number of aliphatic hydroxyl groups is 2. The minimum Gasteiger partial charge on any atom is -0.393 e. The number of rotatable bonds is 5. The lowest BCUT2D eigenvalue weighted by molar-refractivity contribution is -0.340. The number of ether oxygens (including phenoxy) is 1. The normalized spacial score (nSPS) is 41.6. The molecular formula is C26H40F3NO3. The van der Waals surface area contributed by atoms with Gasteiger partial charge in [0.05, 0.1) is 18.3 Å². The van der Waals surface area contributed by atoms with E-state index in [1.54, 1.807) is 0 Å². The number of allylic oxidation sites excluding steroid dienone is 3. The minimum atomic E-state index is -4.55. The molecule has 7 atom stereocenters. The molecule has 7 heteroatoms. The van der Waals surface area contributed by atoms with Gasteiger partial charge in [-0.1, -0.05) is 37.1 Å². The summed E-state index contributed by atoms with van der Waals surface area (Å²) in [4.78, 5) is 2.15. The fraction of sp³-hybridized carbons (Fsp3) is 0.846. The van der Waals surface area contributed by atoms with Crippen molar-refractivity contribution < 1.29 is 28.1 Å². The molecule has 0 radical (unpaired) electrons. The van der Waals surface area contributed by atoms with Gasteiger partial charge in [0.2, 0.25) is 0 Å². The van der Waals surface area contributed by atoms with Crippen LogP contribution in [0.1, 0.15) is 71.6 Å². The van der Waals surface area contributed by atoms with Crippen molar-refractivity contribution in [1.82, 2.24) is 4.90 Å². The Morgan fingerprint density at radius 1 is 1.15 bits per heavy atom. The highest BCUT2D eigenvalue weighted by atomic mass is 19.4. The quantitative estimate of drug-likeness (QED) is 0.578. The first-order chi connectivity index (χ1) is 15.5. The maximum atomic E-state index is 12.6. The highest BCUT2D eigenvalue weighted by Crippen LogP contribution is 2.59. The number of likely N-dealkylation sites (tertiary alicyclic amines) is 1. The molecule has 3 aliphatic carbocycles. The van der Waals surface area contributed by atoms with Gasteiger partial charge in [-0.25, -0.2) is 0 Å². The van der Waals surface area contributed by atoms with Crippen LogP contribution in [0.5, 0.6) is 0 Å². The molecule has 4 nitrogen and oxygen atoms in total. The van der Waals surface area contributed by atoms with Gasteiger partial charge < -0.3 is 15.1 Å². The van der Waals surface area contributed by atoms with Crippen molar-refractivity contribution in [1.29, 1.82) is 0 Å². The standard InChI is InChI=1S/C26H40F3NO3/c1-17(15-30-11-9-22(16-30)33-26(27,28)29)23-7-8-24-19(4-3-10-25(23,24)2)6-5-18-12-20(31)14-21(32)13-18/h5-6,17,20-24,31-32H,3-4,7-16H2,1-2H3/t17-,20-,21+,22+,23-,24+,25-/m1/s1. The number of alkyl halides is 3. The lowest BCUT2D eigenvalue weighted by atomic mass is 9.61. The minimum absolute atomic E-state index is 0.231. The van der Waals surface area contributed by atoms with Gasteiger partial charge in [-0.2, -0.15) is 0 Å². The molecule has 33 heavy (non-hydrogen) atoms. The van der Waals surface area contributed by atoms with Crippen molar-refractivity contribution in [2.24, 2.45) is 23.2 Å². The summed E-state index contributed by atoms with van der Waals surface area (Å²) in [5.74, 6) is 1.56. The lowest BCUT2D eigenvalue weighted by Gasteiger charge is -2.45. The molecule has 4 rings (SSSR count). The summed E-state index contributed by atoms with van der Waals surface area (Å²) in [5.41, 5.74) is 2.86. The second kappa shape index (κ2) is 10.00. The smallest absolute Gasteiger partial charge is 0.393 e. The molecule has 4 fully saturated rings. The second-order valence-corrected chi connectivity index (χ2v) is 11.3. The third-order valence-electron chi connectivity index (χ3n) is 8.87. The third-order valence-corrected chi connectivity index (χ3v) is 8.87. The van der Waals surface area contributed by atoms with Gasteiger partial charge in [0, 0.05) is 19.6 Å². The monoisotopic (exact) mass is 471 g/mol. The van der Waals surface area contributed by atoms with E-state index in [2.05, 4.69) is 35.6 Å². The van der Waals surface area contributed by atoms with Gasteiger partial charge in [0.15, 0.2) is 0 Å². The fourth-order valence-corrected chi connectivity index (χ4v) is 7.53. The summed E-state index contributed by atoms with van der Waals surface area (Å²) in [5, 5.41) is 19.9. The van der Waals surface area contributed by atoms with E-state index >= 15 is 0 Å². The third kappa shape index (κ3) is 6.03. The maximum absolute atomic E-state index is 12.6. The molecule has 2 N–H and O–H groups in total. The molecule has 0 spiro atoms. The van der Waals surface area contributed by atoms with Crippen LogP contribution in [0.2, 0.25) is 0 Å². The molecular weight excluding hydrogens is 431 g/mol. The van der Waals surface area contributed by atoms with E-state index in [0.29, 0.717) is 56.5 Å². The van der Waals surface area contributed by atoms with Crippen molar-refractivity contribution in [3.05, 3.63) is 23.3 Å². The summed E-state index contributed by atoms with van der Waals surface area (Å²) in [6.07, 6.45) is 6.28. The largest absolute Gasteiger partial charge is 0.522 e. The van der Waals surface area contributed by atoms with E-state index in [0.717, 1.165) is 18.5 Å². The molecule has 1 aliphatic heterocycles. The van der Waals surface area contributed by atoms with Gasteiger partial charge in [-0.05, 0) is 81.0 Å². The lowest BCUT2D eigenvalue weighted by Crippen LogP contribution is -2.39. The SMILES string of the molecule is C[C@H](CN1CC[C@H](OC(F)(F)F)C1)[C@H]1CC[C@H]2C(=CC=C3C[C@@H](O)C[C@@H](O)C3)CCC[C@]12C. The van der Waals surface area contributed by atoms with Gasteiger partial charge >= 0.3 is 6.36 Å². The Kier molecular flexibility index (Phi) is 7.64. The zero-order valence-corrected chi connectivity index (χ0v) is 20.0. The number of nitrogens with zero attached hydrogens (tertiary/aromatic N) is 1. The Hall–Kier alpha value is -0.890. The Bertz CT molecular complexity index is 740. The summed E-state index contributed by atoms with van der Waals surface area (Å²) in [6.45, 7) is 6.59. The molecule has 4 aliphatic rings. The molecule has 0 unspecified atom stereocenters. The summed E-state index contributed by atoms with van der Waals surface area (Å²) >= 11 is 0. The van der Waals surface area contributed by atoms with Crippen molar-refractivity contribution in [3.8, 4) is 0 Å². The molecule has 0 aromatic rings. The number of fused-ring (bicyclic) bond motifs is 1. The van der Waals surface area contributed by atoms with Crippen LogP contribution in [0.3, 0.4) is 0 Å².